The van der Waals surface area contributed by atoms with Crippen LogP contribution in [0.25, 0.3) is 0 Å². The fraction of sp³-hybridized carbons (Fsp3) is 0.333. The van der Waals surface area contributed by atoms with E-state index in [-0.39, 0.29) is 0 Å². The van der Waals surface area contributed by atoms with Gasteiger partial charge in [-0.2, -0.15) is 0 Å². The minimum atomic E-state index is 0.394. The zero-order chi connectivity index (χ0) is 14.4. The third-order valence-electron chi connectivity index (χ3n) is 3.31. The van der Waals surface area contributed by atoms with E-state index in [1.165, 1.54) is 5.56 Å². The fourth-order valence-electron chi connectivity index (χ4n) is 2.33. The minimum absolute atomic E-state index is 0.394. The molecule has 0 aliphatic heterocycles. The van der Waals surface area contributed by atoms with Crippen molar-refractivity contribution < 1.29 is 4.74 Å². The van der Waals surface area contributed by atoms with E-state index in [1.807, 2.05) is 42.5 Å². The molecule has 0 saturated heterocycles. The number of rotatable bonds is 6. The second-order valence-corrected chi connectivity index (χ2v) is 5.26. The lowest BCUT2D eigenvalue weighted by Gasteiger charge is -2.22. The van der Waals surface area contributed by atoms with Crippen molar-refractivity contribution in [2.45, 2.75) is 26.8 Å². The predicted molar refractivity (Wildman–Crippen MR) is 84.2 cm³/mol. The van der Waals surface area contributed by atoms with Crippen LogP contribution in [0.2, 0.25) is 0 Å². The molecule has 2 heteroatoms. The zero-order valence-corrected chi connectivity index (χ0v) is 12.5. The van der Waals surface area contributed by atoms with Crippen molar-refractivity contribution in [2.75, 3.05) is 6.54 Å². The first-order valence-corrected chi connectivity index (χ1v) is 7.27. The molecular formula is C18H23NO. The van der Waals surface area contributed by atoms with E-state index < -0.39 is 0 Å². The molecule has 0 saturated carbocycles. The highest BCUT2D eigenvalue weighted by Crippen LogP contribution is 2.26. The van der Waals surface area contributed by atoms with Crippen LogP contribution in [-0.2, 0) is 0 Å². The number of nitrogens with one attached hydrogen (secondary N) is 1. The van der Waals surface area contributed by atoms with Gasteiger partial charge in [0.2, 0.25) is 0 Å². The summed E-state index contributed by atoms with van der Waals surface area (Å²) in [5, 5.41) is 3.53. The van der Waals surface area contributed by atoms with Gasteiger partial charge in [0.05, 0.1) is 0 Å². The first kappa shape index (κ1) is 14.6. The van der Waals surface area contributed by atoms with Crippen LogP contribution in [0.5, 0.6) is 11.5 Å². The maximum absolute atomic E-state index is 5.81. The molecule has 0 spiro atoms. The van der Waals surface area contributed by atoms with E-state index in [4.69, 9.17) is 4.74 Å². The molecule has 2 rings (SSSR count). The monoisotopic (exact) mass is 269 g/mol. The Hall–Kier alpha value is -1.80. The molecule has 0 heterocycles. The van der Waals surface area contributed by atoms with Crippen LogP contribution in [0.4, 0.5) is 0 Å². The Bertz CT molecular complexity index is 505. The molecule has 2 aromatic carbocycles. The summed E-state index contributed by atoms with van der Waals surface area (Å²) < 4.78 is 5.81. The average Bonchev–Trinajstić information content (AvgIpc) is 2.47. The highest BCUT2D eigenvalue weighted by molar-refractivity contribution is 5.34. The van der Waals surface area contributed by atoms with Gasteiger partial charge in [0, 0.05) is 6.04 Å². The van der Waals surface area contributed by atoms with Crippen molar-refractivity contribution >= 4 is 0 Å². The Balaban J connectivity index is 2.09. The molecule has 2 nitrogen and oxygen atoms in total. The summed E-state index contributed by atoms with van der Waals surface area (Å²) in [5.41, 5.74) is 1.31. The van der Waals surface area contributed by atoms with Crippen LogP contribution in [0, 0.1) is 5.92 Å². The lowest BCUT2D eigenvalue weighted by atomic mass is 9.96. The van der Waals surface area contributed by atoms with Gasteiger partial charge in [-0.25, -0.2) is 0 Å². The normalized spacial score (nSPS) is 12.4. The number of hydrogen-bond donors (Lipinski definition) is 1. The maximum Gasteiger partial charge on any atom is 0.127 e. The van der Waals surface area contributed by atoms with Gasteiger partial charge in [0.15, 0.2) is 0 Å². The average molecular weight is 269 g/mol. The van der Waals surface area contributed by atoms with Crippen molar-refractivity contribution in [3.8, 4) is 11.5 Å². The second kappa shape index (κ2) is 7.11. The molecule has 0 amide bonds. The third-order valence-corrected chi connectivity index (χ3v) is 3.31. The lowest BCUT2D eigenvalue weighted by molar-refractivity contribution is 0.420. The standard InChI is InChI=1S/C18H23NO/c1-4-19-18(14(2)3)15-10-12-17(13-11-15)20-16-8-6-5-7-9-16/h5-14,18-19H,4H2,1-3H3. The number of hydrogen-bond acceptors (Lipinski definition) is 2. The highest BCUT2D eigenvalue weighted by atomic mass is 16.5. The van der Waals surface area contributed by atoms with E-state index in [0.717, 1.165) is 18.0 Å². The van der Waals surface area contributed by atoms with Gasteiger partial charge in [-0.05, 0) is 42.3 Å². The van der Waals surface area contributed by atoms with E-state index >= 15 is 0 Å². The van der Waals surface area contributed by atoms with Crippen LogP contribution in [0.15, 0.2) is 54.6 Å². The fourth-order valence-corrected chi connectivity index (χ4v) is 2.33. The summed E-state index contributed by atoms with van der Waals surface area (Å²) in [5.74, 6) is 2.31. The topological polar surface area (TPSA) is 21.3 Å². The summed E-state index contributed by atoms with van der Waals surface area (Å²) in [6, 6.07) is 18.6. The van der Waals surface area contributed by atoms with Crippen LogP contribution in [0.3, 0.4) is 0 Å². The van der Waals surface area contributed by atoms with Gasteiger partial charge < -0.3 is 10.1 Å². The molecule has 20 heavy (non-hydrogen) atoms. The molecule has 0 radical (unpaired) electrons. The summed E-state index contributed by atoms with van der Waals surface area (Å²) in [6.45, 7) is 7.59. The van der Waals surface area contributed by atoms with Crippen molar-refractivity contribution in [3.05, 3.63) is 60.2 Å². The molecule has 0 aliphatic carbocycles. The molecule has 0 aromatic heterocycles. The zero-order valence-electron chi connectivity index (χ0n) is 12.5. The predicted octanol–water partition coefficient (Wildman–Crippen LogP) is 4.79. The molecule has 0 aliphatic rings. The van der Waals surface area contributed by atoms with Gasteiger partial charge in [-0.15, -0.1) is 0 Å². The number of ether oxygens (including phenoxy) is 1. The van der Waals surface area contributed by atoms with Crippen LogP contribution >= 0.6 is 0 Å². The van der Waals surface area contributed by atoms with Gasteiger partial charge in [0.1, 0.15) is 11.5 Å². The van der Waals surface area contributed by atoms with Crippen molar-refractivity contribution in [3.63, 3.8) is 0 Å². The molecule has 0 bridgehead atoms. The Labute approximate surface area is 121 Å². The number of benzene rings is 2. The summed E-state index contributed by atoms with van der Waals surface area (Å²) >= 11 is 0. The van der Waals surface area contributed by atoms with Gasteiger partial charge in [0.25, 0.3) is 0 Å². The van der Waals surface area contributed by atoms with Crippen molar-refractivity contribution in [2.24, 2.45) is 5.92 Å². The summed E-state index contributed by atoms with van der Waals surface area (Å²) in [7, 11) is 0. The van der Waals surface area contributed by atoms with Crippen LogP contribution in [-0.4, -0.2) is 6.54 Å². The minimum Gasteiger partial charge on any atom is -0.457 e. The van der Waals surface area contributed by atoms with E-state index in [0.29, 0.717) is 12.0 Å². The SMILES string of the molecule is CCNC(c1ccc(Oc2ccccc2)cc1)C(C)C. The maximum atomic E-state index is 5.81. The lowest BCUT2D eigenvalue weighted by Crippen LogP contribution is -2.25. The number of para-hydroxylation sites is 1. The molecule has 1 atom stereocenters. The molecule has 1 N–H and O–H groups in total. The quantitative estimate of drug-likeness (QED) is 0.814. The second-order valence-electron chi connectivity index (χ2n) is 5.26. The molecule has 2 aromatic rings. The van der Waals surface area contributed by atoms with E-state index in [2.05, 4.69) is 38.2 Å². The summed E-state index contributed by atoms with van der Waals surface area (Å²) in [6.07, 6.45) is 0. The van der Waals surface area contributed by atoms with Gasteiger partial charge in [-0.1, -0.05) is 51.1 Å². The molecular weight excluding hydrogens is 246 g/mol. The smallest absolute Gasteiger partial charge is 0.127 e. The van der Waals surface area contributed by atoms with Crippen molar-refractivity contribution in [1.82, 2.24) is 5.32 Å². The Morgan fingerprint density at radius 1 is 0.900 bits per heavy atom. The third kappa shape index (κ3) is 3.84. The largest absolute Gasteiger partial charge is 0.457 e. The molecule has 1 unspecified atom stereocenters. The molecule has 106 valence electrons. The van der Waals surface area contributed by atoms with Crippen molar-refractivity contribution in [1.29, 1.82) is 0 Å². The summed E-state index contributed by atoms with van der Waals surface area (Å²) in [4.78, 5) is 0. The Morgan fingerprint density at radius 2 is 1.50 bits per heavy atom. The van der Waals surface area contributed by atoms with Crippen LogP contribution < -0.4 is 10.1 Å². The van der Waals surface area contributed by atoms with E-state index in [1.54, 1.807) is 0 Å². The van der Waals surface area contributed by atoms with Gasteiger partial charge >= 0.3 is 0 Å². The highest BCUT2D eigenvalue weighted by Gasteiger charge is 2.14. The van der Waals surface area contributed by atoms with E-state index in [9.17, 15) is 0 Å². The first-order valence-electron chi connectivity index (χ1n) is 7.27. The Kier molecular flexibility index (Phi) is 5.19. The Morgan fingerprint density at radius 3 is 2.05 bits per heavy atom. The van der Waals surface area contributed by atoms with Crippen LogP contribution in [0.1, 0.15) is 32.4 Å². The first-order chi connectivity index (χ1) is 9.70. The van der Waals surface area contributed by atoms with Gasteiger partial charge in [-0.3, -0.25) is 0 Å². The molecule has 0 fully saturated rings.